The summed E-state index contributed by atoms with van der Waals surface area (Å²) in [6, 6.07) is 18.1. The van der Waals surface area contributed by atoms with Gasteiger partial charge in [0.1, 0.15) is 0 Å². The average molecular weight is 405 g/mol. The van der Waals surface area contributed by atoms with Crippen LogP contribution in [0.4, 0.5) is 0 Å². The lowest BCUT2D eigenvalue weighted by Crippen LogP contribution is -2.20. The van der Waals surface area contributed by atoms with E-state index in [1.165, 1.54) is 11.1 Å². The highest BCUT2D eigenvalue weighted by Crippen LogP contribution is 2.23. The zero-order valence-corrected chi connectivity index (χ0v) is 17.8. The van der Waals surface area contributed by atoms with Crippen LogP contribution in [-0.2, 0) is 11.3 Å². The third kappa shape index (κ3) is 4.02. The number of aromatic nitrogens is 1. The number of ether oxygens (including phenoxy) is 1. The van der Waals surface area contributed by atoms with E-state index >= 15 is 0 Å². The van der Waals surface area contributed by atoms with E-state index in [-0.39, 0.29) is 5.91 Å². The normalized spacial score (nSPS) is 12.2. The Kier molecular flexibility index (Phi) is 5.60. The van der Waals surface area contributed by atoms with Crippen molar-refractivity contribution in [3.05, 3.63) is 76.1 Å². The van der Waals surface area contributed by atoms with Gasteiger partial charge in [0.15, 0.2) is 4.80 Å². The fraction of sp³-hybridized carbons (Fsp3) is 0.250. The van der Waals surface area contributed by atoms with E-state index in [2.05, 4.69) is 35.5 Å². The molecule has 4 aromatic rings. The molecule has 0 unspecified atom stereocenters. The van der Waals surface area contributed by atoms with E-state index in [4.69, 9.17) is 4.74 Å². The highest BCUT2D eigenvalue weighted by Gasteiger charge is 2.12. The molecule has 4 rings (SSSR count). The molecule has 1 heterocycles. The van der Waals surface area contributed by atoms with Crippen LogP contribution in [-0.4, -0.2) is 23.7 Å². The summed E-state index contributed by atoms with van der Waals surface area (Å²) in [5.74, 6) is -0.221. The van der Waals surface area contributed by atoms with Gasteiger partial charge >= 0.3 is 0 Å². The maximum absolute atomic E-state index is 13.0. The Hall–Kier alpha value is -2.76. The second-order valence-corrected chi connectivity index (χ2v) is 8.15. The van der Waals surface area contributed by atoms with Crippen LogP contribution in [0.15, 0.2) is 59.6 Å². The van der Waals surface area contributed by atoms with Crippen molar-refractivity contribution in [1.29, 1.82) is 0 Å². The van der Waals surface area contributed by atoms with Crippen LogP contribution in [0.25, 0.3) is 21.0 Å². The second kappa shape index (κ2) is 8.31. The average Bonchev–Trinajstić information content (AvgIpc) is 3.04. The summed E-state index contributed by atoms with van der Waals surface area (Å²) in [4.78, 5) is 18.2. The first-order chi connectivity index (χ1) is 14.1. The lowest BCUT2D eigenvalue weighted by molar-refractivity contribution is 0.0996. The molecule has 0 saturated carbocycles. The number of nitrogens with zero attached hydrogens (tertiary/aromatic N) is 2. The van der Waals surface area contributed by atoms with Gasteiger partial charge in [0, 0.05) is 18.7 Å². The van der Waals surface area contributed by atoms with Gasteiger partial charge in [-0.1, -0.05) is 47.7 Å². The van der Waals surface area contributed by atoms with Gasteiger partial charge in [0.2, 0.25) is 0 Å². The molecule has 0 atom stereocenters. The summed E-state index contributed by atoms with van der Waals surface area (Å²) in [5, 5.41) is 2.16. The van der Waals surface area contributed by atoms with E-state index in [1.54, 1.807) is 11.3 Å². The van der Waals surface area contributed by atoms with Gasteiger partial charge in [0.25, 0.3) is 5.91 Å². The highest BCUT2D eigenvalue weighted by molar-refractivity contribution is 7.16. The Morgan fingerprint density at radius 3 is 2.66 bits per heavy atom. The van der Waals surface area contributed by atoms with E-state index < -0.39 is 0 Å². The Balaban J connectivity index is 1.81. The number of carbonyl (C=O) groups excluding carboxylic acids is 1. The minimum absolute atomic E-state index is 0.221. The molecule has 29 heavy (non-hydrogen) atoms. The van der Waals surface area contributed by atoms with Gasteiger partial charge in [-0.05, 0) is 60.9 Å². The molecule has 0 fully saturated rings. The third-order valence-electron chi connectivity index (χ3n) is 4.97. The first-order valence-corrected chi connectivity index (χ1v) is 10.6. The van der Waals surface area contributed by atoms with E-state index in [1.807, 2.05) is 49.4 Å². The quantitative estimate of drug-likeness (QED) is 0.426. The first kappa shape index (κ1) is 19.6. The van der Waals surface area contributed by atoms with Gasteiger partial charge in [-0.2, -0.15) is 4.99 Å². The van der Waals surface area contributed by atoms with Crippen LogP contribution in [0, 0.1) is 13.8 Å². The topological polar surface area (TPSA) is 43.6 Å². The molecule has 0 saturated heterocycles. The summed E-state index contributed by atoms with van der Waals surface area (Å²) in [6.07, 6.45) is 0. The number of carbonyl (C=O) groups is 1. The molecule has 0 spiro atoms. The molecular weight excluding hydrogens is 380 g/mol. The van der Waals surface area contributed by atoms with Crippen molar-refractivity contribution < 1.29 is 9.53 Å². The predicted molar refractivity (Wildman–Crippen MR) is 120 cm³/mol. The van der Waals surface area contributed by atoms with Crippen LogP contribution < -0.4 is 4.80 Å². The lowest BCUT2D eigenvalue weighted by atomic mass is 10.1. The predicted octanol–water partition coefficient (Wildman–Crippen LogP) is 5.25. The fourth-order valence-corrected chi connectivity index (χ4v) is 4.89. The Bertz CT molecular complexity index is 1270. The van der Waals surface area contributed by atoms with Gasteiger partial charge in [-0.3, -0.25) is 4.79 Å². The molecule has 0 bridgehead atoms. The largest absolute Gasteiger partial charge is 0.380 e. The minimum atomic E-state index is -0.221. The molecule has 4 nitrogen and oxygen atoms in total. The molecular formula is C24H24N2O2S. The Morgan fingerprint density at radius 2 is 1.86 bits per heavy atom. The van der Waals surface area contributed by atoms with E-state index in [9.17, 15) is 4.79 Å². The Labute approximate surface area is 174 Å². The van der Waals surface area contributed by atoms with E-state index in [0.29, 0.717) is 30.1 Å². The lowest BCUT2D eigenvalue weighted by Gasteiger charge is -2.08. The van der Waals surface area contributed by atoms with E-state index in [0.717, 1.165) is 21.0 Å². The summed E-state index contributed by atoms with van der Waals surface area (Å²) in [6.45, 7) is 8.11. The van der Waals surface area contributed by atoms with Crippen molar-refractivity contribution in [2.45, 2.75) is 27.3 Å². The van der Waals surface area contributed by atoms with Crippen molar-refractivity contribution in [3.8, 4) is 0 Å². The van der Waals surface area contributed by atoms with Gasteiger partial charge in [0.05, 0.1) is 16.8 Å². The zero-order chi connectivity index (χ0) is 20.4. The molecule has 0 aliphatic carbocycles. The maximum atomic E-state index is 13.0. The first-order valence-electron chi connectivity index (χ1n) is 9.83. The van der Waals surface area contributed by atoms with Gasteiger partial charge < -0.3 is 9.30 Å². The smallest absolute Gasteiger partial charge is 0.279 e. The molecule has 5 heteroatoms. The highest BCUT2D eigenvalue weighted by atomic mass is 32.1. The summed E-state index contributed by atoms with van der Waals surface area (Å²) < 4.78 is 8.83. The number of hydrogen-bond acceptors (Lipinski definition) is 3. The van der Waals surface area contributed by atoms with Crippen LogP contribution >= 0.6 is 11.3 Å². The zero-order valence-electron chi connectivity index (χ0n) is 16.9. The number of amides is 1. The van der Waals surface area contributed by atoms with Crippen LogP contribution in [0.2, 0.25) is 0 Å². The van der Waals surface area contributed by atoms with Crippen LogP contribution in [0.1, 0.15) is 28.4 Å². The van der Waals surface area contributed by atoms with Crippen molar-refractivity contribution >= 4 is 38.2 Å². The molecule has 1 amide bonds. The third-order valence-corrected chi connectivity index (χ3v) is 5.99. The Morgan fingerprint density at radius 1 is 1.07 bits per heavy atom. The molecule has 0 radical (unpaired) electrons. The molecule has 0 N–H and O–H groups in total. The SMILES string of the molecule is CCOCCn1c(=NC(=O)c2ccc3ccccc3c2)sc2cc(C)cc(C)c21. The number of thiazole rings is 1. The molecule has 0 aliphatic rings. The number of aryl methyl sites for hydroxylation is 2. The molecule has 0 aliphatic heterocycles. The molecule has 1 aromatic heterocycles. The molecule has 3 aromatic carbocycles. The van der Waals surface area contributed by atoms with Gasteiger partial charge in [-0.25, -0.2) is 0 Å². The number of hydrogen-bond donors (Lipinski definition) is 0. The second-order valence-electron chi connectivity index (χ2n) is 7.14. The van der Waals surface area contributed by atoms with Crippen molar-refractivity contribution in [2.75, 3.05) is 13.2 Å². The van der Waals surface area contributed by atoms with Crippen molar-refractivity contribution in [2.24, 2.45) is 4.99 Å². The summed E-state index contributed by atoms with van der Waals surface area (Å²) in [7, 11) is 0. The number of benzene rings is 3. The summed E-state index contributed by atoms with van der Waals surface area (Å²) in [5.41, 5.74) is 4.13. The number of rotatable bonds is 5. The minimum Gasteiger partial charge on any atom is -0.380 e. The number of fused-ring (bicyclic) bond motifs is 2. The van der Waals surface area contributed by atoms with Crippen LogP contribution in [0.5, 0.6) is 0 Å². The monoisotopic (exact) mass is 404 g/mol. The van der Waals surface area contributed by atoms with Crippen molar-refractivity contribution in [1.82, 2.24) is 4.57 Å². The fourth-order valence-electron chi connectivity index (χ4n) is 3.66. The molecule has 148 valence electrons. The van der Waals surface area contributed by atoms with Crippen molar-refractivity contribution in [3.63, 3.8) is 0 Å². The maximum Gasteiger partial charge on any atom is 0.279 e. The van der Waals surface area contributed by atoms with Crippen LogP contribution in [0.3, 0.4) is 0 Å². The summed E-state index contributed by atoms with van der Waals surface area (Å²) >= 11 is 1.56. The van der Waals surface area contributed by atoms with Gasteiger partial charge in [-0.15, -0.1) is 0 Å². The standard InChI is InChI=1S/C24H24N2O2S/c1-4-28-12-11-26-22-17(3)13-16(2)14-21(22)29-24(26)25-23(27)20-10-9-18-7-5-6-8-19(18)15-20/h5-10,13-15H,4,11-12H2,1-3H3.